The van der Waals surface area contributed by atoms with Gasteiger partial charge in [0.25, 0.3) is 0 Å². The van der Waals surface area contributed by atoms with Gasteiger partial charge < -0.3 is 121 Å². The second kappa shape index (κ2) is 52.8. The molecule has 2 aliphatic heterocycles. The Morgan fingerprint density at radius 2 is 1.05 bits per heavy atom. The molecule has 0 saturated carbocycles. The Morgan fingerprint density at radius 3 is 1.65 bits per heavy atom. The molecule has 0 radical (unpaired) electrons. The summed E-state index contributed by atoms with van der Waals surface area (Å²) in [6.07, 6.45) is 7.04. The lowest BCUT2D eigenvalue weighted by molar-refractivity contribution is -0.149. The lowest BCUT2D eigenvalue weighted by Gasteiger charge is -2.36. The average Bonchev–Trinajstić information content (AvgIpc) is 1.76. The Hall–Kier alpha value is -13.5. The number of primary amides is 2. The van der Waals surface area contributed by atoms with Crippen molar-refractivity contribution < 1.29 is 81.5 Å². The molecule has 13 atom stereocenters. The molecule has 8 rings (SSSR count). The predicted octanol–water partition coefficient (Wildman–Crippen LogP) is -1.00. The standard InChI is InChI=1S/C92H133N25O17S/c1-10-12-33-72-85(128)107-64(32-23-37-99-92(96)97)82(125)112-71(80(123)102-48-76(95)119)50-135-51-78(121)105-68(40-55-25-15-14-16-26-55)88(131)114(7)54(5)79(122)109-70(44-75(94)118)90(133)117-38-24-35-73(117)86(129)108-66(43-58-47-98-52-103-58)84(127)110-67(39-53(3)4)87(130)113(6)49-77(120)104-65(41-56-45-100-61-29-19-17-27-59(56)61)83(126)106-63(31-21-22-36-93)81(124)111-69(42-57-46-101-62-30-20-18-28-60(57)62)89(132)116(9)74(34-13-11-2)91(134)115(72)8/h14-20,25-30,45-47,52-54,63-74,100-101H,10-13,21-24,31-44,48-51,93H2,1-9H3,(H2,94,118)(H2,95,119)(H,98,103)(H,102,123)(H,104,120)(H,105,121)(H,106,126)(H,107,128)(H,108,129)(H,109,122)(H,110,127)(H,111,124)(H,112,125)(H4,96,97,99)/t54-,63-,64-,65-,66-,67-,68-,69-,70-,71-,72-,73-,74-/m0/s1. The van der Waals surface area contributed by atoms with Gasteiger partial charge in [-0.1, -0.05) is 120 Å². The van der Waals surface area contributed by atoms with E-state index in [0.29, 0.717) is 76.3 Å². The van der Waals surface area contributed by atoms with Crippen LogP contribution in [0.1, 0.15) is 153 Å². The molecule has 2 aliphatic rings. The average molecular weight is 1890 g/mol. The molecule has 0 bridgehead atoms. The Labute approximate surface area is 788 Å². The van der Waals surface area contributed by atoms with Crippen molar-refractivity contribution in [2.45, 2.75) is 235 Å². The van der Waals surface area contributed by atoms with Gasteiger partial charge in [0, 0.05) is 119 Å². The van der Waals surface area contributed by atoms with E-state index in [9.17, 15) is 57.5 Å². The molecule has 23 N–H and O–H groups in total. The highest BCUT2D eigenvalue weighted by molar-refractivity contribution is 8.00. The van der Waals surface area contributed by atoms with Crippen LogP contribution in [0, 0.1) is 11.3 Å². The Balaban J connectivity index is 1.20. The van der Waals surface area contributed by atoms with E-state index >= 15 is 24.0 Å². The number of likely N-dealkylation sites (N-methyl/N-ethyl adjacent to an activating group) is 4. The second-order valence-electron chi connectivity index (χ2n) is 34.8. The maximum Gasteiger partial charge on any atom is 0.246 e. The number of fused-ring (bicyclic) bond motifs is 3. The van der Waals surface area contributed by atoms with Gasteiger partial charge in [-0.05, 0) is 112 Å². The molecule has 3 aromatic carbocycles. The van der Waals surface area contributed by atoms with E-state index in [2.05, 4.69) is 78.4 Å². The molecule has 6 aromatic rings. The normalized spacial score (nSPS) is 23.3. The van der Waals surface area contributed by atoms with Gasteiger partial charge in [0.1, 0.15) is 78.5 Å². The highest BCUT2D eigenvalue weighted by Gasteiger charge is 2.44. The summed E-state index contributed by atoms with van der Waals surface area (Å²) in [7, 11) is 5.37. The van der Waals surface area contributed by atoms with Crippen LogP contribution < -0.4 is 81.4 Å². The number of carbonyl (C=O) groups excluding carboxylic acids is 17. The second-order valence-corrected chi connectivity index (χ2v) is 35.8. The SMILES string of the molecule is CCCC[C@H]1C(=O)N(C)[C@@H](CCCC)C(=O)N[C@@H](CCCNC(=N)N)C(=O)N[C@H](C(=O)NCC(N)=O)CSCC(=O)N[C@@H](Cc2ccccc2)C(=O)N(C)[C@@H](C)C(=O)N[C@@H](CC(N)=O)C(=O)N2CCC[C@H]2C(=O)N[C@@H](Cc2cnc[nH]2)C(=O)N[C@@H](CC(C)C)C(=O)N(C)CC(=O)N[C@@H](Cc2c[nH]c3ccccc23)C(=O)N[C@@H](CCCCN)C(=O)N[C@@H](Cc2c[nH]c3ccccc23)C(=O)N1C. The molecular weight excluding hydrogens is 1760 g/mol. The number of nitrogens with two attached hydrogens (primary N) is 4. The number of para-hydroxylation sites is 2. The molecule has 0 unspecified atom stereocenters. The van der Waals surface area contributed by atoms with Crippen molar-refractivity contribution in [3.63, 3.8) is 0 Å². The van der Waals surface area contributed by atoms with Gasteiger partial charge in [-0.25, -0.2) is 4.98 Å². The molecule has 3 aromatic heterocycles. The number of amides is 17. The lowest BCUT2D eigenvalue weighted by Crippen LogP contribution is -2.61. The molecule has 2 fully saturated rings. The number of rotatable bonds is 29. The van der Waals surface area contributed by atoms with Crippen LogP contribution in [0.3, 0.4) is 0 Å². The first-order chi connectivity index (χ1) is 64.4. The minimum Gasteiger partial charge on any atom is -0.370 e. The third-order valence-electron chi connectivity index (χ3n) is 23.9. The summed E-state index contributed by atoms with van der Waals surface area (Å²) in [5.74, 6) is -16.4. The molecule has 0 spiro atoms. The number of hydrogen-bond acceptors (Lipinski definition) is 21. The van der Waals surface area contributed by atoms with Gasteiger partial charge in [0.15, 0.2) is 5.96 Å². The Morgan fingerprint density at radius 1 is 0.519 bits per heavy atom. The van der Waals surface area contributed by atoms with Crippen molar-refractivity contribution in [3.8, 4) is 0 Å². The summed E-state index contributed by atoms with van der Waals surface area (Å²) in [5.41, 5.74) is 26.3. The molecule has 17 amide bonds. The van der Waals surface area contributed by atoms with Crippen molar-refractivity contribution in [1.29, 1.82) is 5.41 Å². The molecule has 2 saturated heterocycles. The molecule has 42 nitrogen and oxygen atoms in total. The molecule has 5 heterocycles. The first kappa shape index (κ1) is 107. The number of hydrogen-bond donors (Lipinski definition) is 19. The van der Waals surface area contributed by atoms with E-state index in [1.54, 1.807) is 74.8 Å². The number of unbranched alkanes of at least 4 members (excludes halogenated alkanes) is 3. The number of thioether (sulfide) groups is 1. The fourth-order valence-electron chi connectivity index (χ4n) is 16.4. The van der Waals surface area contributed by atoms with E-state index in [4.69, 9.17) is 28.3 Å². The summed E-state index contributed by atoms with van der Waals surface area (Å²) in [5, 5.41) is 39.1. The van der Waals surface area contributed by atoms with E-state index in [-0.39, 0.29) is 109 Å². The van der Waals surface area contributed by atoms with E-state index in [0.717, 1.165) is 26.5 Å². The Bertz CT molecular complexity index is 5110. The van der Waals surface area contributed by atoms with Gasteiger partial charge in [-0.3, -0.25) is 86.9 Å². The fraction of sp³-hybridized carbons (Fsp3) is 0.533. The number of aromatic amines is 3. The number of guanidine groups is 1. The summed E-state index contributed by atoms with van der Waals surface area (Å²) < 4.78 is 0. The largest absolute Gasteiger partial charge is 0.370 e. The van der Waals surface area contributed by atoms with Crippen molar-refractivity contribution in [3.05, 3.63) is 126 Å². The van der Waals surface area contributed by atoms with Crippen molar-refractivity contribution in [2.75, 3.05) is 72.4 Å². The van der Waals surface area contributed by atoms with Crippen LogP contribution in [0.2, 0.25) is 0 Å². The minimum atomic E-state index is -1.74. The molecular formula is C92H133N25O17S. The van der Waals surface area contributed by atoms with Crippen LogP contribution in [0.5, 0.6) is 0 Å². The summed E-state index contributed by atoms with van der Waals surface area (Å²) in [6.45, 7) is 7.33. The summed E-state index contributed by atoms with van der Waals surface area (Å²) in [6, 6.07) is 3.90. The van der Waals surface area contributed by atoms with E-state index in [1.807, 2.05) is 44.2 Å². The van der Waals surface area contributed by atoms with Crippen LogP contribution in [-0.2, 0) is 107 Å². The first-order valence-electron chi connectivity index (χ1n) is 45.8. The highest BCUT2D eigenvalue weighted by Crippen LogP contribution is 2.27. The number of H-pyrrole nitrogens is 3. The lowest BCUT2D eigenvalue weighted by atomic mass is 9.99. The highest BCUT2D eigenvalue weighted by atomic mass is 32.2. The third kappa shape index (κ3) is 31.9. The minimum absolute atomic E-state index is 0.00826. The van der Waals surface area contributed by atoms with E-state index in [1.165, 1.54) is 57.4 Å². The zero-order valence-electron chi connectivity index (χ0n) is 78.1. The number of nitrogens with zero attached hydrogens (tertiary/aromatic N) is 6. The smallest absolute Gasteiger partial charge is 0.246 e. The fourth-order valence-corrected chi connectivity index (χ4v) is 17.2. The van der Waals surface area contributed by atoms with Gasteiger partial charge in [0.05, 0.1) is 31.6 Å². The first-order valence-corrected chi connectivity index (χ1v) is 47.0. The maximum atomic E-state index is 15.9. The van der Waals surface area contributed by atoms with Crippen molar-refractivity contribution in [1.82, 2.24) is 103 Å². The number of benzene rings is 3. The summed E-state index contributed by atoms with van der Waals surface area (Å²) in [4.78, 5) is 269. The quantitative estimate of drug-likeness (QED) is 0.0152. The van der Waals surface area contributed by atoms with Crippen molar-refractivity contribution >= 4 is 140 Å². The molecule has 43 heteroatoms. The molecule has 734 valence electrons. The zero-order valence-corrected chi connectivity index (χ0v) is 78.9. The van der Waals surface area contributed by atoms with E-state index < -0.39 is 216 Å². The zero-order chi connectivity index (χ0) is 98.7. The van der Waals surface area contributed by atoms with Gasteiger partial charge >= 0.3 is 0 Å². The van der Waals surface area contributed by atoms with Gasteiger partial charge in [-0.2, -0.15) is 0 Å². The van der Waals surface area contributed by atoms with Crippen LogP contribution in [0.25, 0.3) is 21.8 Å². The number of aromatic nitrogens is 4. The molecule has 0 aliphatic carbocycles. The summed E-state index contributed by atoms with van der Waals surface area (Å²) >= 11 is 0.804. The van der Waals surface area contributed by atoms with Crippen LogP contribution in [0.15, 0.2) is 104 Å². The number of carbonyl (C=O) groups is 17. The predicted molar refractivity (Wildman–Crippen MR) is 505 cm³/mol. The molecule has 135 heavy (non-hydrogen) atoms. The van der Waals surface area contributed by atoms with Crippen LogP contribution >= 0.6 is 11.8 Å². The van der Waals surface area contributed by atoms with Crippen LogP contribution in [-0.4, -0.2) is 302 Å². The van der Waals surface area contributed by atoms with Crippen LogP contribution in [0.4, 0.5) is 0 Å². The number of nitrogens with one attached hydrogen (secondary N) is 15. The van der Waals surface area contributed by atoms with Crippen molar-refractivity contribution in [2.24, 2.45) is 28.9 Å². The topological polar surface area (TPSA) is 627 Å². The number of imidazole rings is 1. The maximum absolute atomic E-state index is 15.9. The van der Waals surface area contributed by atoms with Gasteiger partial charge in [0.2, 0.25) is 100 Å². The Kier molecular flexibility index (Phi) is 41.8. The monoisotopic (exact) mass is 1890 g/mol. The van der Waals surface area contributed by atoms with Gasteiger partial charge in [-0.15, -0.1) is 11.8 Å². The third-order valence-corrected chi connectivity index (χ3v) is 24.9.